The summed E-state index contributed by atoms with van der Waals surface area (Å²) in [6, 6.07) is 8.04. The lowest BCUT2D eigenvalue weighted by Gasteiger charge is -2.14. The van der Waals surface area contributed by atoms with Gasteiger partial charge >= 0.3 is 0 Å². The van der Waals surface area contributed by atoms with Crippen LogP contribution in [-0.2, 0) is 6.54 Å². The number of aryl methyl sites for hydroxylation is 1. The predicted octanol–water partition coefficient (Wildman–Crippen LogP) is 4.60. The van der Waals surface area contributed by atoms with Gasteiger partial charge < -0.3 is 14.6 Å². The molecule has 1 atom stereocenters. The summed E-state index contributed by atoms with van der Waals surface area (Å²) in [5, 5.41) is 3.36. The van der Waals surface area contributed by atoms with Crippen molar-refractivity contribution in [1.29, 1.82) is 0 Å². The van der Waals surface area contributed by atoms with Crippen LogP contribution in [0.1, 0.15) is 40.0 Å². The fourth-order valence-corrected chi connectivity index (χ4v) is 2.03. The number of nitrogens with one attached hydrogen (secondary N) is 1. The van der Waals surface area contributed by atoms with Crippen LogP contribution in [0.5, 0.6) is 5.75 Å². The van der Waals surface area contributed by atoms with Crippen molar-refractivity contribution < 1.29 is 4.74 Å². The van der Waals surface area contributed by atoms with Gasteiger partial charge in [-0.05, 0) is 31.9 Å². The lowest BCUT2D eigenvalue weighted by atomic mass is 10.3. The minimum Gasteiger partial charge on any atom is -0.491 e. The number of ether oxygens (including phenoxy) is 1. The number of hydrogen-bond acceptors (Lipinski definition) is 3. The van der Waals surface area contributed by atoms with Crippen LogP contribution in [0, 0.1) is 0 Å². The maximum Gasteiger partial charge on any atom is 0.207 e. The summed E-state index contributed by atoms with van der Waals surface area (Å²) in [5.74, 6) is 1.77. The third-order valence-electron chi connectivity index (χ3n) is 3.47. The van der Waals surface area contributed by atoms with Crippen LogP contribution in [0.4, 0.5) is 11.6 Å². The number of hydrogen-bond donors (Lipinski definition) is 1. The highest BCUT2D eigenvalue weighted by molar-refractivity contribution is 5.56. The first-order chi connectivity index (χ1) is 10.2. The van der Waals surface area contributed by atoms with Crippen LogP contribution < -0.4 is 10.1 Å². The van der Waals surface area contributed by atoms with Gasteiger partial charge in [0.15, 0.2) is 0 Å². The normalized spacial score (nSPS) is 12.1. The number of rotatable bonds is 8. The third kappa shape index (κ3) is 4.52. The largest absolute Gasteiger partial charge is 0.491 e. The van der Waals surface area contributed by atoms with Crippen molar-refractivity contribution in [3.8, 4) is 5.75 Å². The monoisotopic (exact) mass is 287 g/mol. The number of anilines is 2. The molecule has 0 saturated heterocycles. The van der Waals surface area contributed by atoms with Gasteiger partial charge in [-0.25, -0.2) is 4.98 Å². The molecule has 0 aliphatic rings. The van der Waals surface area contributed by atoms with Crippen LogP contribution in [0.2, 0.25) is 0 Å². The lowest BCUT2D eigenvalue weighted by molar-refractivity contribution is 0.217. The van der Waals surface area contributed by atoms with Crippen molar-refractivity contribution in [2.45, 2.75) is 52.7 Å². The van der Waals surface area contributed by atoms with Gasteiger partial charge in [0.1, 0.15) is 5.75 Å². The zero-order valence-corrected chi connectivity index (χ0v) is 13.2. The van der Waals surface area contributed by atoms with Crippen molar-refractivity contribution in [3.63, 3.8) is 0 Å². The zero-order chi connectivity index (χ0) is 15.1. The van der Waals surface area contributed by atoms with E-state index in [9.17, 15) is 0 Å². The van der Waals surface area contributed by atoms with E-state index in [0.29, 0.717) is 0 Å². The number of aromatic nitrogens is 2. The first kappa shape index (κ1) is 15.4. The Balaban J connectivity index is 2.06. The van der Waals surface area contributed by atoms with Crippen LogP contribution in [0.25, 0.3) is 0 Å². The Kier molecular flexibility index (Phi) is 5.67. The van der Waals surface area contributed by atoms with Crippen molar-refractivity contribution in [2.24, 2.45) is 0 Å². The first-order valence-corrected chi connectivity index (χ1v) is 7.77. The van der Waals surface area contributed by atoms with Gasteiger partial charge in [-0.3, -0.25) is 0 Å². The van der Waals surface area contributed by atoms with E-state index in [2.05, 4.69) is 35.6 Å². The molecular formula is C17H25N3O. The minimum atomic E-state index is 0.229. The average molecular weight is 287 g/mol. The molecule has 21 heavy (non-hydrogen) atoms. The van der Waals surface area contributed by atoms with Crippen molar-refractivity contribution in [3.05, 3.63) is 36.7 Å². The zero-order valence-electron chi connectivity index (χ0n) is 13.2. The molecule has 1 N–H and O–H groups in total. The van der Waals surface area contributed by atoms with Gasteiger partial charge in [-0.2, -0.15) is 0 Å². The Morgan fingerprint density at radius 1 is 1.33 bits per heavy atom. The maximum atomic E-state index is 5.85. The van der Waals surface area contributed by atoms with E-state index in [0.717, 1.165) is 36.8 Å². The average Bonchev–Trinajstić information content (AvgIpc) is 2.92. The molecule has 4 nitrogen and oxygen atoms in total. The van der Waals surface area contributed by atoms with E-state index < -0.39 is 0 Å². The van der Waals surface area contributed by atoms with Crippen LogP contribution in [-0.4, -0.2) is 15.7 Å². The van der Waals surface area contributed by atoms with Gasteiger partial charge in [0.25, 0.3) is 0 Å². The minimum absolute atomic E-state index is 0.229. The Morgan fingerprint density at radius 2 is 2.19 bits per heavy atom. The van der Waals surface area contributed by atoms with Crippen molar-refractivity contribution in [2.75, 3.05) is 5.32 Å². The first-order valence-electron chi connectivity index (χ1n) is 7.77. The number of imidazole rings is 1. The Labute approximate surface area is 127 Å². The number of unbranched alkanes of at least 4 members (excludes halogenated alkanes) is 1. The lowest BCUT2D eigenvalue weighted by Crippen LogP contribution is -2.09. The fraction of sp³-hybridized carbons (Fsp3) is 0.471. The SMILES string of the molecule is CCCCn1ccnc1Nc1cccc(OC(C)CC)c1. The topological polar surface area (TPSA) is 39.1 Å². The molecule has 1 aromatic heterocycles. The van der Waals surface area contributed by atoms with E-state index in [-0.39, 0.29) is 6.10 Å². The highest BCUT2D eigenvalue weighted by Gasteiger charge is 2.05. The third-order valence-corrected chi connectivity index (χ3v) is 3.47. The molecule has 0 amide bonds. The van der Waals surface area contributed by atoms with Gasteiger partial charge in [0.05, 0.1) is 6.10 Å². The Bertz CT molecular complexity index is 550. The van der Waals surface area contributed by atoms with Crippen molar-refractivity contribution in [1.82, 2.24) is 9.55 Å². The second kappa shape index (κ2) is 7.72. The molecular weight excluding hydrogens is 262 g/mol. The molecule has 2 aromatic rings. The predicted molar refractivity (Wildman–Crippen MR) is 87.2 cm³/mol. The Hall–Kier alpha value is -1.97. The van der Waals surface area contributed by atoms with Gasteiger partial charge in [0.2, 0.25) is 5.95 Å². The molecule has 1 unspecified atom stereocenters. The van der Waals surface area contributed by atoms with E-state index in [1.165, 1.54) is 6.42 Å². The summed E-state index contributed by atoms with van der Waals surface area (Å²) in [5.41, 5.74) is 1.000. The molecule has 0 bridgehead atoms. The van der Waals surface area contributed by atoms with Crippen LogP contribution >= 0.6 is 0 Å². The summed E-state index contributed by atoms with van der Waals surface area (Å²) in [6.07, 6.45) is 7.40. The van der Waals surface area contributed by atoms with Crippen molar-refractivity contribution >= 4 is 11.6 Å². The smallest absolute Gasteiger partial charge is 0.207 e. The van der Waals surface area contributed by atoms with E-state index >= 15 is 0 Å². The highest BCUT2D eigenvalue weighted by atomic mass is 16.5. The fourth-order valence-electron chi connectivity index (χ4n) is 2.03. The highest BCUT2D eigenvalue weighted by Crippen LogP contribution is 2.22. The molecule has 0 aliphatic heterocycles. The summed E-state index contributed by atoms with van der Waals surface area (Å²) < 4.78 is 8.00. The number of nitrogens with zero attached hydrogens (tertiary/aromatic N) is 2. The summed E-state index contributed by atoms with van der Waals surface area (Å²) in [4.78, 5) is 4.38. The second-order valence-electron chi connectivity index (χ2n) is 5.29. The standard InChI is InChI=1S/C17H25N3O/c1-4-6-11-20-12-10-18-17(20)19-15-8-7-9-16(13-15)21-14(3)5-2/h7-10,12-14H,4-6,11H2,1-3H3,(H,18,19). The molecule has 0 spiro atoms. The van der Waals surface area contributed by atoms with Crippen LogP contribution in [0.3, 0.4) is 0 Å². The molecule has 114 valence electrons. The van der Waals surface area contributed by atoms with Gasteiger partial charge in [0, 0.05) is 30.7 Å². The number of benzene rings is 1. The second-order valence-corrected chi connectivity index (χ2v) is 5.29. The molecule has 0 fully saturated rings. The molecule has 0 aliphatic carbocycles. The van der Waals surface area contributed by atoms with Gasteiger partial charge in [-0.15, -0.1) is 0 Å². The summed E-state index contributed by atoms with van der Waals surface area (Å²) in [6.45, 7) is 7.39. The van der Waals surface area contributed by atoms with E-state index in [1.54, 1.807) is 0 Å². The molecule has 4 heteroatoms. The Morgan fingerprint density at radius 3 is 2.95 bits per heavy atom. The maximum absolute atomic E-state index is 5.85. The molecule has 0 radical (unpaired) electrons. The quantitative estimate of drug-likeness (QED) is 0.771. The summed E-state index contributed by atoms with van der Waals surface area (Å²) >= 11 is 0. The van der Waals surface area contributed by atoms with Gasteiger partial charge in [-0.1, -0.05) is 26.3 Å². The van der Waals surface area contributed by atoms with E-state index in [1.807, 2.05) is 36.7 Å². The molecule has 1 heterocycles. The van der Waals surface area contributed by atoms with E-state index in [4.69, 9.17) is 4.74 Å². The molecule has 1 aromatic carbocycles. The molecule has 2 rings (SSSR count). The summed E-state index contributed by atoms with van der Waals surface area (Å²) in [7, 11) is 0. The molecule has 0 saturated carbocycles. The van der Waals surface area contributed by atoms with Crippen LogP contribution in [0.15, 0.2) is 36.7 Å².